The molecule has 1 aliphatic heterocycles. The Bertz CT molecular complexity index is 250. The van der Waals surface area contributed by atoms with Crippen LogP contribution in [0, 0.1) is 5.92 Å². The van der Waals surface area contributed by atoms with Gasteiger partial charge in [-0.25, -0.2) is 0 Å². The van der Waals surface area contributed by atoms with Gasteiger partial charge in [-0.2, -0.15) is 0 Å². The number of carbonyl (C=O) groups is 2. The standard InChI is InChI=1S/C9H14N2O2S/c10-3-7(6-1-2-6)11-8(12)4-14-5-9(11)13/h6-7H,1-5,10H2. The smallest absolute Gasteiger partial charge is 0.239 e. The summed E-state index contributed by atoms with van der Waals surface area (Å²) in [5.74, 6) is 1.20. The molecule has 1 saturated carbocycles. The van der Waals surface area contributed by atoms with Gasteiger partial charge in [0.15, 0.2) is 0 Å². The summed E-state index contributed by atoms with van der Waals surface area (Å²) in [5, 5.41) is 0. The fourth-order valence-corrected chi connectivity index (χ4v) is 2.59. The number of carbonyl (C=O) groups excluding carboxylic acids is 2. The Morgan fingerprint density at radius 2 is 1.93 bits per heavy atom. The quantitative estimate of drug-likeness (QED) is 0.662. The minimum Gasteiger partial charge on any atom is -0.328 e. The summed E-state index contributed by atoms with van der Waals surface area (Å²) in [6.45, 7) is 0.410. The molecule has 0 aromatic carbocycles. The number of amides is 2. The molecule has 1 heterocycles. The topological polar surface area (TPSA) is 63.4 Å². The van der Waals surface area contributed by atoms with Crippen LogP contribution in [-0.2, 0) is 9.59 Å². The molecule has 5 heteroatoms. The van der Waals surface area contributed by atoms with Crippen LogP contribution in [0.2, 0.25) is 0 Å². The molecule has 0 aromatic rings. The maximum absolute atomic E-state index is 11.6. The average molecular weight is 214 g/mol. The largest absolute Gasteiger partial charge is 0.328 e. The Balaban J connectivity index is 2.11. The molecule has 14 heavy (non-hydrogen) atoms. The van der Waals surface area contributed by atoms with Gasteiger partial charge in [0.05, 0.1) is 17.5 Å². The van der Waals surface area contributed by atoms with Crippen molar-refractivity contribution in [3.05, 3.63) is 0 Å². The van der Waals surface area contributed by atoms with Crippen LogP contribution in [0.4, 0.5) is 0 Å². The third-order valence-corrected chi connectivity index (χ3v) is 3.63. The number of nitrogens with two attached hydrogens (primary N) is 1. The number of hydrogen-bond acceptors (Lipinski definition) is 4. The molecule has 2 N–H and O–H groups in total. The minimum atomic E-state index is -0.0615. The lowest BCUT2D eigenvalue weighted by Crippen LogP contribution is -2.52. The van der Waals surface area contributed by atoms with Gasteiger partial charge in [0.2, 0.25) is 11.8 Å². The van der Waals surface area contributed by atoms with Gasteiger partial charge in [0, 0.05) is 6.54 Å². The number of hydrogen-bond donors (Lipinski definition) is 1. The SMILES string of the molecule is NCC(C1CC1)N1C(=O)CSCC1=O. The van der Waals surface area contributed by atoms with E-state index in [-0.39, 0.29) is 17.9 Å². The van der Waals surface area contributed by atoms with E-state index < -0.39 is 0 Å². The van der Waals surface area contributed by atoms with E-state index >= 15 is 0 Å². The number of nitrogens with zero attached hydrogens (tertiary/aromatic N) is 1. The van der Waals surface area contributed by atoms with Crippen molar-refractivity contribution in [2.75, 3.05) is 18.1 Å². The second kappa shape index (κ2) is 3.90. The van der Waals surface area contributed by atoms with Crippen molar-refractivity contribution in [2.24, 2.45) is 11.7 Å². The van der Waals surface area contributed by atoms with Crippen molar-refractivity contribution in [1.82, 2.24) is 4.90 Å². The van der Waals surface area contributed by atoms with E-state index in [2.05, 4.69) is 0 Å². The molecule has 0 radical (unpaired) electrons. The highest BCUT2D eigenvalue weighted by atomic mass is 32.2. The molecule has 2 aliphatic rings. The van der Waals surface area contributed by atoms with Gasteiger partial charge in [0.1, 0.15) is 0 Å². The Morgan fingerprint density at radius 1 is 1.36 bits per heavy atom. The molecule has 1 saturated heterocycles. The van der Waals surface area contributed by atoms with Crippen LogP contribution < -0.4 is 5.73 Å². The molecule has 2 rings (SSSR count). The average Bonchev–Trinajstić information content (AvgIpc) is 2.95. The predicted molar refractivity (Wildman–Crippen MR) is 54.7 cm³/mol. The van der Waals surface area contributed by atoms with Crippen LogP contribution in [0.25, 0.3) is 0 Å². The lowest BCUT2D eigenvalue weighted by Gasteiger charge is -2.31. The molecule has 2 amide bonds. The van der Waals surface area contributed by atoms with E-state index in [0.717, 1.165) is 12.8 Å². The maximum atomic E-state index is 11.6. The van der Waals surface area contributed by atoms with Crippen LogP contribution in [-0.4, -0.2) is 40.8 Å². The fraction of sp³-hybridized carbons (Fsp3) is 0.778. The van der Waals surface area contributed by atoms with E-state index in [0.29, 0.717) is 24.0 Å². The summed E-state index contributed by atoms with van der Waals surface area (Å²) in [4.78, 5) is 24.5. The van der Waals surface area contributed by atoms with Crippen molar-refractivity contribution in [2.45, 2.75) is 18.9 Å². The van der Waals surface area contributed by atoms with Crippen LogP contribution in [0.1, 0.15) is 12.8 Å². The fourth-order valence-electron chi connectivity index (χ4n) is 1.86. The zero-order valence-electron chi connectivity index (χ0n) is 7.94. The predicted octanol–water partition coefficient (Wildman–Crippen LogP) is -0.174. The Hall–Kier alpha value is -0.550. The zero-order chi connectivity index (χ0) is 10.1. The second-order valence-corrected chi connectivity index (χ2v) is 4.78. The van der Waals surface area contributed by atoms with Crippen molar-refractivity contribution < 1.29 is 9.59 Å². The van der Waals surface area contributed by atoms with Crippen LogP contribution in [0.15, 0.2) is 0 Å². The van der Waals surface area contributed by atoms with Crippen molar-refractivity contribution in [3.63, 3.8) is 0 Å². The first kappa shape index (κ1) is 9.98. The molecule has 0 bridgehead atoms. The van der Waals surface area contributed by atoms with Crippen molar-refractivity contribution in [3.8, 4) is 0 Å². The first-order chi connectivity index (χ1) is 6.74. The molecule has 2 fully saturated rings. The Morgan fingerprint density at radius 3 is 2.36 bits per heavy atom. The molecule has 4 nitrogen and oxygen atoms in total. The normalized spacial score (nSPS) is 25.4. The number of thioether (sulfide) groups is 1. The van der Waals surface area contributed by atoms with Crippen LogP contribution in [0.3, 0.4) is 0 Å². The van der Waals surface area contributed by atoms with E-state index in [1.54, 1.807) is 0 Å². The summed E-state index contributed by atoms with van der Waals surface area (Å²) in [6.07, 6.45) is 2.21. The highest BCUT2D eigenvalue weighted by Crippen LogP contribution is 2.36. The molecule has 0 spiro atoms. The zero-order valence-corrected chi connectivity index (χ0v) is 8.76. The van der Waals surface area contributed by atoms with Crippen LogP contribution in [0.5, 0.6) is 0 Å². The summed E-state index contributed by atoms with van der Waals surface area (Å²) in [6, 6.07) is -0.0316. The molecular weight excluding hydrogens is 200 g/mol. The number of rotatable bonds is 3. The van der Waals surface area contributed by atoms with Crippen molar-refractivity contribution in [1.29, 1.82) is 0 Å². The third kappa shape index (κ3) is 1.79. The molecule has 1 aliphatic carbocycles. The van der Waals surface area contributed by atoms with Crippen LogP contribution >= 0.6 is 11.8 Å². The summed E-state index contributed by atoms with van der Waals surface area (Å²) >= 11 is 1.39. The van der Waals surface area contributed by atoms with E-state index in [1.165, 1.54) is 16.7 Å². The molecular formula is C9H14N2O2S. The number of imide groups is 1. The summed E-state index contributed by atoms with van der Waals surface area (Å²) in [5.41, 5.74) is 5.62. The van der Waals surface area contributed by atoms with Gasteiger partial charge in [0.25, 0.3) is 0 Å². The Kier molecular flexibility index (Phi) is 2.78. The highest BCUT2D eigenvalue weighted by Gasteiger charge is 2.40. The van der Waals surface area contributed by atoms with Gasteiger partial charge in [-0.05, 0) is 18.8 Å². The first-order valence-electron chi connectivity index (χ1n) is 4.86. The van der Waals surface area contributed by atoms with Gasteiger partial charge in [-0.3, -0.25) is 14.5 Å². The lowest BCUT2D eigenvalue weighted by atomic mass is 10.1. The third-order valence-electron chi connectivity index (χ3n) is 2.73. The second-order valence-electron chi connectivity index (χ2n) is 3.79. The maximum Gasteiger partial charge on any atom is 0.239 e. The Labute approximate surface area is 87.2 Å². The van der Waals surface area contributed by atoms with E-state index in [9.17, 15) is 9.59 Å². The van der Waals surface area contributed by atoms with Crippen molar-refractivity contribution >= 4 is 23.6 Å². The minimum absolute atomic E-state index is 0.0316. The summed E-state index contributed by atoms with van der Waals surface area (Å²) in [7, 11) is 0. The molecule has 1 unspecified atom stereocenters. The van der Waals surface area contributed by atoms with Gasteiger partial charge >= 0.3 is 0 Å². The van der Waals surface area contributed by atoms with Gasteiger partial charge < -0.3 is 5.73 Å². The molecule has 0 aromatic heterocycles. The van der Waals surface area contributed by atoms with E-state index in [1.807, 2.05) is 0 Å². The van der Waals surface area contributed by atoms with E-state index in [4.69, 9.17) is 5.73 Å². The first-order valence-corrected chi connectivity index (χ1v) is 6.02. The summed E-state index contributed by atoms with van der Waals surface area (Å²) < 4.78 is 0. The van der Waals surface area contributed by atoms with Gasteiger partial charge in [-0.1, -0.05) is 0 Å². The highest BCUT2D eigenvalue weighted by molar-refractivity contribution is 8.00. The molecule has 78 valence electrons. The van der Waals surface area contributed by atoms with Gasteiger partial charge in [-0.15, -0.1) is 11.8 Å². The molecule has 1 atom stereocenters. The monoisotopic (exact) mass is 214 g/mol. The lowest BCUT2D eigenvalue weighted by molar-refractivity contribution is -0.145.